The minimum Gasteiger partial charge on any atom is -0.577 e. The monoisotopic (exact) mass is 2110 g/mol. The first-order chi connectivity index (χ1) is 72.7. The maximum atomic E-state index is 6.49. The molecule has 0 radical (unpaired) electrons. The third-order valence-electron chi connectivity index (χ3n) is 28.5. The largest absolute Gasteiger partial charge is 0.577 e. The van der Waals surface area contributed by atoms with Gasteiger partial charge >= 0.3 is 0 Å². The van der Waals surface area contributed by atoms with Crippen molar-refractivity contribution in [2.75, 3.05) is 14.7 Å². The van der Waals surface area contributed by atoms with E-state index in [9.17, 15) is 0 Å². The number of anilines is 9. The lowest BCUT2D eigenvalue weighted by molar-refractivity contribution is 0.721. The molecule has 0 saturated carbocycles. The van der Waals surface area contributed by atoms with Crippen LogP contribution >= 0.6 is 107 Å². The summed E-state index contributed by atoms with van der Waals surface area (Å²) < 4.78 is 8.46. The van der Waals surface area contributed by atoms with Crippen molar-refractivity contribution < 1.29 is 0 Å². The standard InChI is InChI=1S/C55H36N2S2.C32H22S.C24H16ClNS.C13H12.C12H6BrClS.H2P/c1-4-18-37(19-5-1)56(38-20-6-2-7-21-38)49-30-16-25-43-44-26-17-31-50(54(44)59-53(43)49)57(39-22-8-3-9-23-39)40-34-35-42-41-24-10-11-27-45(41)55(48(42)36-40)46-28-12-14-32-51(46)58-52-33-15-13-29-47(52)55;1-2-10-22(11-3-1)20-23-18-19-25-24-12-4-5-13-26(24)32(29(25)21-23)27-14-6-8-16-30(27)33-31-17-9-7-15-28(31)32;25-21-15-7-13-19-20-14-8-16-22(24(20)27-23(19)21)26(17-9-3-1-4-10-17)18-11-5-2-6-12-18;1-3-7-12(8-4-1)11-13-9-5-2-6-10-13;13-9-5-1-3-7-8-4-2-6-10(14)12(8)15-11(7)9;/h1-36H;1-19,21H,20H2;1-16H;1-10H,11H2;1-6H;1H2/q;;;;;-1. The topological polar surface area (TPSA) is 9.72 Å². The molecule has 148 heavy (non-hydrogen) atoms. The number of halogens is 3. The van der Waals surface area contributed by atoms with Crippen molar-refractivity contribution in [2.45, 2.75) is 43.3 Å². The number of nitrogens with zero attached hydrogens (tertiary/aromatic N) is 3. The predicted molar refractivity (Wildman–Crippen MR) is 644 cm³/mol. The second-order valence-corrected chi connectivity index (χ2v) is 43.9. The lowest BCUT2D eigenvalue weighted by atomic mass is 9.67. The van der Waals surface area contributed by atoms with Gasteiger partial charge in [0.05, 0.1) is 61.4 Å². The molecule has 22 aromatic carbocycles. The summed E-state index contributed by atoms with van der Waals surface area (Å²) in [7, 11) is 0. The van der Waals surface area contributed by atoms with Gasteiger partial charge in [0.15, 0.2) is 0 Å². The minimum atomic E-state index is -0.459. The van der Waals surface area contributed by atoms with E-state index in [0.717, 1.165) is 71.9 Å². The van der Waals surface area contributed by atoms with Crippen LogP contribution in [0.5, 0.6) is 0 Å². The molecule has 12 heteroatoms. The molecule has 0 atom stereocenters. The summed E-state index contributed by atoms with van der Waals surface area (Å²) >= 11 is 25.4. The Balaban J connectivity index is 0.000000110. The zero-order valence-electron chi connectivity index (χ0n) is 80.3. The Morgan fingerprint density at radius 2 is 0.453 bits per heavy atom. The highest BCUT2D eigenvalue weighted by atomic mass is 79.9. The molecule has 2 aliphatic heterocycles. The van der Waals surface area contributed by atoms with Gasteiger partial charge in [-0.2, -0.15) is 0 Å². The highest BCUT2D eigenvalue weighted by Gasteiger charge is 2.52. The van der Waals surface area contributed by atoms with Crippen molar-refractivity contribution in [3.05, 3.63) is 615 Å². The molecular formula is C136H94BrCl2N3PS5-. The zero-order chi connectivity index (χ0) is 98.3. The average Bonchev–Trinajstić information content (AvgIpc) is 1.51. The molecule has 0 bridgehead atoms. The van der Waals surface area contributed by atoms with E-state index in [1.165, 1.54) is 176 Å². The first-order valence-corrected chi connectivity index (χ1v) is 55.1. The second-order valence-electron chi connectivity index (χ2n) is 37.0. The van der Waals surface area contributed by atoms with Crippen molar-refractivity contribution >= 4 is 218 Å². The number of thiophene rings is 3. The van der Waals surface area contributed by atoms with E-state index in [2.05, 4.69) is 528 Å². The normalized spacial score (nSPS) is 12.5. The Kier molecular flexibility index (Phi) is 26.9. The van der Waals surface area contributed by atoms with Gasteiger partial charge in [0.25, 0.3) is 0 Å². The van der Waals surface area contributed by atoms with Crippen LogP contribution in [0.25, 0.3) is 82.8 Å². The molecule has 5 heterocycles. The van der Waals surface area contributed by atoms with Gasteiger partial charge in [-0.3, -0.25) is 0 Å². The molecule has 710 valence electrons. The summed E-state index contributed by atoms with van der Waals surface area (Å²) in [5, 5.41) is 9.12. The van der Waals surface area contributed by atoms with Crippen molar-refractivity contribution in [2.24, 2.45) is 0 Å². The Morgan fingerprint density at radius 3 is 0.818 bits per heavy atom. The van der Waals surface area contributed by atoms with Crippen LogP contribution < -0.4 is 14.7 Å². The van der Waals surface area contributed by atoms with E-state index in [4.69, 9.17) is 23.2 Å². The molecule has 0 fully saturated rings. The molecule has 25 aromatic rings. The summed E-state index contributed by atoms with van der Waals surface area (Å²) in [6.07, 6.45) is 1.97. The molecule has 0 N–H and O–H groups in total. The second kappa shape index (κ2) is 41.8. The number of benzene rings is 22. The number of para-hydroxylation sites is 5. The number of fused-ring (bicyclic) bond motifs is 27. The fraction of sp³-hybridized carbons (Fsp3) is 0.0294. The maximum absolute atomic E-state index is 6.49. The first kappa shape index (κ1) is 95.3. The van der Waals surface area contributed by atoms with Gasteiger partial charge in [0.1, 0.15) is 0 Å². The zero-order valence-corrected chi connectivity index (χ0v) is 88.7. The molecule has 0 amide bonds. The van der Waals surface area contributed by atoms with Crippen LogP contribution in [0.1, 0.15) is 66.8 Å². The summed E-state index contributed by atoms with van der Waals surface area (Å²) in [6, 6.07) is 192. The van der Waals surface area contributed by atoms with Gasteiger partial charge in [0, 0.05) is 95.2 Å². The van der Waals surface area contributed by atoms with Gasteiger partial charge in [-0.25, -0.2) is 0 Å². The Bertz CT molecular complexity index is 8930. The van der Waals surface area contributed by atoms with Gasteiger partial charge in [-0.15, -0.1) is 34.0 Å². The summed E-state index contributed by atoms with van der Waals surface area (Å²) in [6.45, 7) is 0. The van der Waals surface area contributed by atoms with Crippen LogP contribution in [0, 0.1) is 0 Å². The average molecular weight is 2110 g/mol. The Morgan fingerprint density at radius 1 is 0.196 bits per heavy atom. The van der Waals surface area contributed by atoms with Crippen LogP contribution in [0.3, 0.4) is 0 Å². The number of hydrogen-bond acceptors (Lipinski definition) is 8. The third kappa shape index (κ3) is 17.4. The Hall–Kier alpha value is -14.9. The smallest absolute Gasteiger partial charge is 0.0736 e. The van der Waals surface area contributed by atoms with E-state index in [-0.39, 0.29) is 15.3 Å². The SMILES string of the molecule is Clc1cccc2c1sc1c(Br)cccc12.Clc1cccc2c1sc1c(N(c3ccccc3)c3ccccc3)cccc12.[PH2-].c1ccc(Cc2ccc3c(c2)C2(c4ccccc4Sc4ccccc42)c2ccccc2-3)cc1.c1ccc(Cc2ccccc2)cc1.c1ccc(N(c2ccccc2)c2cccc3c2sc2c(N(c4ccccc4)c4ccc5c(c4)C4(c6ccccc6Sc6ccccc64)c4ccccc4-5)cccc23)cc1. The molecule has 0 saturated heterocycles. The lowest BCUT2D eigenvalue weighted by Gasteiger charge is -2.40. The molecule has 2 spiro atoms. The molecule has 4 aliphatic rings. The number of rotatable bonds is 13. The summed E-state index contributed by atoms with van der Waals surface area (Å²) in [5.74, 6) is 0. The van der Waals surface area contributed by atoms with Crippen molar-refractivity contribution in [3.8, 4) is 22.3 Å². The van der Waals surface area contributed by atoms with Crippen LogP contribution in [-0.2, 0) is 23.7 Å². The van der Waals surface area contributed by atoms with Gasteiger partial charge in [-0.05, 0) is 251 Å². The molecular weight excluding hydrogens is 2020 g/mol. The summed E-state index contributed by atoms with van der Waals surface area (Å²) in [5.41, 5.74) is 31.3. The van der Waals surface area contributed by atoms with Crippen LogP contribution in [-0.4, -0.2) is 0 Å². The molecule has 2 aliphatic carbocycles. The van der Waals surface area contributed by atoms with Crippen LogP contribution in [0.4, 0.5) is 51.2 Å². The Labute approximate surface area is 905 Å². The number of hydrogen-bond donors (Lipinski definition) is 0. The van der Waals surface area contributed by atoms with Crippen molar-refractivity contribution in [3.63, 3.8) is 0 Å². The third-order valence-corrected chi connectivity index (χ3v) is 36.4. The molecule has 29 rings (SSSR count). The highest BCUT2D eigenvalue weighted by Crippen LogP contribution is 2.66. The summed E-state index contributed by atoms with van der Waals surface area (Å²) in [4.78, 5) is 12.5. The quantitative estimate of drug-likeness (QED) is 0.106. The van der Waals surface area contributed by atoms with Crippen molar-refractivity contribution in [1.29, 1.82) is 0 Å². The van der Waals surface area contributed by atoms with Gasteiger partial charge in [-0.1, -0.05) is 447 Å². The highest BCUT2D eigenvalue weighted by molar-refractivity contribution is 9.10. The first-order valence-electron chi connectivity index (χ1n) is 49.5. The van der Waals surface area contributed by atoms with E-state index >= 15 is 0 Å². The van der Waals surface area contributed by atoms with Crippen LogP contribution in [0.2, 0.25) is 10.0 Å². The van der Waals surface area contributed by atoms with E-state index < -0.39 is 5.41 Å². The van der Waals surface area contributed by atoms with Gasteiger partial charge < -0.3 is 24.6 Å². The lowest BCUT2D eigenvalue weighted by Crippen LogP contribution is -2.32. The van der Waals surface area contributed by atoms with E-state index in [0.29, 0.717) is 0 Å². The van der Waals surface area contributed by atoms with E-state index in [1.54, 1.807) is 22.7 Å². The van der Waals surface area contributed by atoms with Crippen LogP contribution in [0.15, 0.2) is 558 Å². The molecule has 3 nitrogen and oxygen atoms in total. The fourth-order valence-corrected chi connectivity index (χ4v) is 29.5. The predicted octanol–water partition coefficient (Wildman–Crippen LogP) is 41.2. The van der Waals surface area contributed by atoms with Crippen molar-refractivity contribution in [1.82, 2.24) is 0 Å². The minimum absolute atomic E-state index is 0. The maximum Gasteiger partial charge on any atom is 0.0736 e. The fourth-order valence-electron chi connectivity index (χ4n) is 22.3. The van der Waals surface area contributed by atoms with Gasteiger partial charge in [0.2, 0.25) is 0 Å². The molecule has 3 aromatic heterocycles. The molecule has 0 unspecified atom stereocenters. The van der Waals surface area contributed by atoms with E-state index in [1.807, 2.05) is 71.3 Å².